The summed E-state index contributed by atoms with van der Waals surface area (Å²) in [6.07, 6.45) is 8.62. The van der Waals surface area contributed by atoms with Gasteiger partial charge in [-0.25, -0.2) is 0 Å². The second-order valence-electron chi connectivity index (χ2n) is 5.35. The fourth-order valence-electron chi connectivity index (χ4n) is 2.80. The van der Waals surface area contributed by atoms with Crippen LogP contribution in [-0.4, -0.2) is 12.2 Å². The van der Waals surface area contributed by atoms with Gasteiger partial charge in [-0.2, -0.15) is 0 Å². The average Bonchev–Trinajstić information content (AvgIpc) is 2.87. The predicted octanol–water partition coefficient (Wildman–Crippen LogP) is 4.23. The molecule has 0 aromatic heterocycles. The van der Waals surface area contributed by atoms with Gasteiger partial charge in [-0.15, -0.1) is 0 Å². The molecular formula is C17H24O2. The highest BCUT2D eigenvalue weighted by Crippen LogP contribution is 2.36. The number of aryl methyl sites for hydroxylation is 2. The summed E-state index contributed by atoms with van der Waals surface area (Å²) in [5.41, 5.74) is 4.81. The fourth-order valence-corrected chi connectivity index (χ4v) is 2.80. The zero-order valence-electron chi connectivity index (χ0n) is 12.3. The predicted molar refractivity (Wildman–Crippen MR) is 79.4 cm³/mol. The molecule has 0 aliphatic heterocycles. The first kappa shape index (κ1) is 14.0. The topological polar surface area (TPSA) is 29.5 Å². The van der Waals surface area contributed by atoms with Gasteiger partial charge in [0.25, 0.3) is 0 Å². The van der Waals surface area contributed by atoms with E-state index in [0.717, 1.165) is 49.0 Å². The van der Waals surface area contributed by atoms with Gasteiger partial charge in [0.15, 0.2) is 0 Å². The first-order valence-corrected chi connectivity index (χ1v) is 7.26. The Morgan fingerprint density at radius 3 is 2.89 bits per heavy atom. The van der Waals surface area contributed by atoms with Gasteiger partial charge in [0.1, 0.15) is 5.75 Å². The van der Waals surface area contributed by atoms with Crippen LogP contribution in [0.3, 0.4) is 0 Å². The normalized spacial score (nSPS) is 14.6. The molecule has 0 unspecified atom stereocenters. The number of benzene rings is 1. The maximum Gasteiger partial charge on any atom is 0.126 e. The van der Waals surface area contributed by atoms with Gasteiger partial charge in [-0.05, 0) is 61.8 Å². The first-order chi connectivity index (χ1) is 9.17. The number of aromatic hydroxyl groups is 1. The molecule has 2 rings (SSSR count). The van der Waals surface area contributed by atoms with Crippen molar-refractivity contribution in [2.45, 2.75) is 52.4 Å². The van der Waals surface area contributed by atoms with Gasteiger partial charge in [-0.1, -0.05) is 19.4 Å². The summed E-state index contributed by atoms with van der Waals surface area (Å²) in [4.78, 5) is 0. The number of phenolic OH excluding ortho intramolecular Hbond substituents is 1. The molecule has 104 valence electrons. The smallest absolute Gasteiger partial charge is 0.126 e. The minimum Gasteiger partial charge on any atom is -0.507 e. The molecule has 0 heterocycles. The second kappa shape index (κ2) is 6.14. The number of fused-ring (bicyclic) bond motifs is 1. The van der Waals surface area contributed by atoms with Crippen LogP contribution in [-0.2, 0) is 24.0 Å². The van der Waals surface area contributed by atoms with E-state index in [0.29, 0.717) is 5.75 Å². The molecule has 0 amide bonds. The van der Waals surface area contributed by atoms with Crippen molar-refractivity contribution in [3.63, 3.8) is 0 Å². The van der Waals surface area contributed by atoms with Crippen LogP contribution in [0.15, 0.2) is 11.8 Å². The van der Waals surface area contributed by atoms with Crippen molar-refractivity contribution in [2.75, 3.05) is 7.11 Å². The largest absolute Gasteiger partial charge is 0.507 e. The number of ether oxygens (including phenoxy) is 1. The van der Waals surface area contributed by atoms with E-state index in [9.17, 15) is 5.11 Å². The van der Waals surface area contributed by atoms with Crippen LogP contribution in [0.5, 0.6) is 5.75 Å². The molecule has 0 bridgehead atoms. The summed E-state index contributed by atoms with van der Waals surface area (Å²) in [5.74, 6) is 1.31. The number of hydrogen-bond donors (Lipinski definition) is 1. The minimum absolute atomic E-state index is 0.463. The molecule has 0 saturated heterocycles. The van der Waals surface area contributed by atoms with Crippen molar-refractivity contribution in [1.29, 1.82) is 0 Å². The Labute approximate surface area is 116 Å². The van der Waals surface area contributed by atoms with E-state index in [1.807, 2.05) is 13.0 Å². The van der Waals surface area contributed by atoms with E-state index in [4.69, 9.17) is 4.74 Å². The molecule has 1 N–H and O–H groups in total. The van der Waals surface area contributed by atoms with Crippen molar-refractivity contribution >= 4 is 6.08 Å². The zero-order chi connectivity index (χ0) is 13.8. The second-order valence-corrected chi connectivity index (χ2v) is 5.35. The quantitative estimate of drug-likeness (QED) is 0.803. The molecule has 2 heteroatoms. The van der Waals surface area contributed by atoms with Gasteiger partial charge in [0, 0.05) is 5.56 Å². The first-order valence-electron chi connectivity index (χ1n) is 7.26. The maximum absolute atomic E-state index is 10.5. The molecule has 0 saturated carbocycles. The molecule has 1 aromatic carbocycles. The van der Waals surface area contributed by atoms with E-state index in [1.165, 1.54) is 17.5 Å². The van der Waals surface area contributed by atoms with Crippen molar-refractivity contribution in [3.05, 3.63) is 34.1 Å². The van der Waals surface area contributed by atoms with Crippen LogP contribution in [0.1, 0.15) is 55.4 Å². The lowest BCUT2D eigenvalue weighted by atomic mass is 9.95. The van der Waals surface area contributed by atoms with Gasteiger partial charge in [-0.3, -0.25) is 0 Å². The number of hydrogen-bond acceptors (Lipinski definition) is 2. The third-order valence-corrected chi connectivity index (χ3v) is 3.96. The SMILES string of the molecule is CCCCc1cc2c(c(/C=C(\C)OC)c1O)CCC2. The Kier molecular flexibility index (Phi) is 4.52. The lowest BCUT2D eigenvalue weighted by molar-refractivity contribution is 0.297. The minimum atomic E-state index is 0.463. The van der Waals surface area contributed by atoms with Crippen molar-refractivity contribution in [2.24, 2.45) is 0 Å². The van der Waals surface area contributed by atoms with E-state index >= 15 is 0 Å². The van der Waals surface area contributed by atoms with E-state index < -0.39 is 0 Å². The zero-order valence-corrected chi connectivity index (χ0v) is 12.3. The summed E-state index contributed by atoms with van der Waals surface area (Å²) in [6.45, 7) is 4.11. The van der Waals surface area contributed by atoms with Crippen LogP contribution in [0.2, 0.25) is 0 Å². The van der Waals surface area contributed by atoms with Crippen molar-refractivity contribution in [1.82, 2.24) is 0 Å². The summed E-state index contributed by atoms with van der Waals surface area (Å²) in [7, 11) is 1.67. The lowest BCUT2D eigenvalue weighted by Crippen LogP contribution is -1.96. The highest BCUT2D eigenvalue weighted by Gasteiger charge is 2.20. The summed E-state index contributed by atoms with van der Waals surface area (Å²) < 4.78 is 5.24. The third-order valence-electron chi connectivity index (χ3n) is 3.96. The monoisotopic (exact) mass is 260 g/mol. The molecule has 0 spiro atoms. The standard InChI is InChI=1S/C17H24O2/c1-4-5-7-14-11-13-8-6-9-15(13)16(17(14)18)10-12(2)19-3/h10-11,18H,4-9H2,1-3H3/b12-10+. The molecule has 19 heavy (non-hydrogen) atoms. The summed E-state index contributed by atoms with van der Waals surface area (Å²) in [6, 6.07) is 2.22. The van der Waals surface area contributed by atoms with Crippen LogP contribution >= 0.6 is 0 Å². The molecular weight excluding hydrogens is 236 g/mol. The molecule has 0 fully saturated rings. The van der Waals surface area contributed by atoms with E-state index in [2.05, 4.69) is 13.0 Å². The molecule has 0 radical (unpaired) electrons. The number of unbranched alkanes of at least 4 members (excludes halogenated alkanes) is 1. The number of allylic oxidation sites excluding steroid dienone is 1. The van der Waals surface area contributed by atoms with Gasteiger partial charge >= 0.3 is 0 Å². The maximum atomic E-state index is 10.5. The van der Waals surface area contributed by atoms with Gasteiger partial charge in [0.2, 0.25) is 0 Å². The van der Waals surface area contributed by atoms with E-state index in [-0.39, 0.29) is 0 Å². The fraction of sp³-hybridized carbons (Fsp3) is 0.529. The van der Waals surface area contributed by atoms with Gasteiger partial charge < -0.3 is 9.84 Å². The van der Waals surface area contributed by atoms with Crippen LogP contribution in [0, 0.1) is 0 Å². The van der Waals surface area contributed by atoms with Crippen molar-refractivity contribution < 1.29 is 9.84 Å². The summed E-state index contributed by atoms with van der Waals surface area (Å²) >= 11 is 0. The van der Waals surface area contributed by atoms with Crippen LogP contribution < -0.4 is 0 Å². The highest BCUT2D eigenvalue weighted by atomic mass is 16.5. The molecule has 2 nitrogen and oxygen atoms in total. The number of phenols is 1. The Morgan fingerprint density at radius 1 is 1.42 bits per heavy atom. The Morgan fingerprint density at radius 2 is 2.21 bits per heavy atom. The molecule has 1 aliphatic carbocycles. The summed E-state index contributed by atoms with van der Waals surface area (Å²) in [5, 5.41) is 10.5. The molecule has 1 aliphatic rings. The third kappa shape index (κ3) is 2.94. The molecule has 0 atom stereocenters. The lowest BCUT2D eigenvalue weighted by Gasteiger charge is -2.13. The highest BCUT2D eigenvalue weighted by molar-refractivity contribution is 5.67. The number of rotatable bonds is 5. The molecule has 1 aromatic rings. The Bertz CT molecular complexity index is 487. The van der Waals surface area contributed by atoms with Gasteiger partial charge in [0.05, 0.1) is 12.9 Å². The van der Waals surface area contributed by atoms with Crippen LogP contribution in [0.25, 0.3) is 6.08 Å². The Balaban J connectivity index is 2.47. The number of methoxy groups -OCH3 is 1. The average molecular weight is 260 g/mol. The Hall–Kier alpha value is -1.44. The van der Waals surface area contributed by atoms with Crippen molar-refractivity contribution in [3.8, 4) is 5.75 Å². The van der Waals surface area contributed by atoms with Crippen LogP contribution in [0.4, 0.5) is 0 Å². The van der Waals surface area contributed by atoms with E-state index in [1.54, 1.807) is 7.11 Å².